The predicted octanol–water partition coefficient (Wildman–Crippen LogP) is 1.85. The number of thioether (sulfide) groups is 1. The number of hydrazone groups is 1. The number of imidazole rings is 1. The number of aromatic nitrogens is 5. The highest BCUT2D eigenvalue weighted by atomic mass is 32.2. The zero-order valence-corrected chi connectivity index (χ0v) is 28.7. The van der Waals surface area contributed by atoms with E-state index in [0.29, 0.717) is 41.4 Å². The Hall–Kier alpha value is -5.49. The van der Waals surface area contributed by atoms with Gasteiger partial charge in [-0.3, -0.25) is 24.4 Å². The number of benzene rings is 1. The van der Waals surface area contributed by atoms with Crippen molar-refractivity contribution in [2.24, 2.45) is 11.0 Å². The maximum absolute atomic E-state index is 12.7. The number of H-pyrrole nitrogens is 1. The molecule has 4 rings (SSSR count). The lowest BCUT2D eigenvalue weighted by Crippen LogP contribution is -2.30. The van der Waals surface area contributed by atoms with Crippen molar-refractivity contribution in [1.82, 2.24) is 35.1 Å². The Bertz CT molecular complexity index is 1860. The van der Waals surface area contributed by atoms with Gasteiger partial charge >= 0.3 is 17.7 Å². The number of ether oxygens (including phenoxy) is 2. The third-order valence-electron chi connectivity index (χ3n) is 7.05. The van der Waals surface area contributed by atoms with Gasteiger partial charge in [0, 0.05) is 50.0 Å². The lowest BCUT2D eigenvalue weighted by molar-refractivity contribution is -0.143. The highest BCUT2D eigenvalue weighted by Gasteiger charge is 2.21. The minimum Gasteiger partial charge on any atom is -0.481 e. The standard InChI is InChI=1S/C32H40N10O7S/c1-19(2)40-41-24-9-8-22(16-35-24)29(44)34-10-13-50-18-23(30(45)46)14-25(43)36-15-20-4-6-21(7-5-20)17-42-28-26(37-32(42)47)27(33)38-31(39-28)49-12-11-48-3/h4-9,16,23H,10-15,17-18H2,1-3H3,(H,34,44)(H,35,41)(H,36,43)(H,37,47)(H,45,46)(H2,33,38,39). The fourth-order valence-electron chi connectivity index (χ4n) is 4.45. The molecule has 0 radical (unpaired) electrons. The Labute approximate surface area is 291 Å². The number of carbonyl (C=O) groups is 3. The quantitative estimate of drug-likeness (QED) is 0.0464. The van der Waals surface area contributed by atoms with Crippen LogP contribution in [0.1, 0.15) is 41.8 Å². The lowest BCUT2D eigenvalue weighted by Gasteiger charge is -2.13. The highest BCUT2D eigenvalue weighted by Crippen LogP contribution is 2.19. The fraction of sp³-hybridized carbons (Fsp3) is 0.375. The number of aromatic amines is 1. The molecular formula is C32H40N10O7S. The van der Waals surface area contributed by atoms with E-state index in [4.69, 9.17) is 15.2 Å². The number of nitrogens with one attached hydrogen (secondary N) is 4. The molecule has 0 spiro atoms. The summed E-state index contributed by atoms with van der Waals surface area (Å²) in [6.45, 7) is 4.94. The van der Waals surface area contributed by atoms with Gasteiger partial charge in [0.1, 0.15) is 17.9 Å². The van der Waals surface area contributed by atoms with E-state index in [9.17, 15) is 24.3 Å². The van der Waals surface area contributed by atoms with E-state index in [0.717, 1.165) is 16.8 Å². The second kappa shape index (κ2) is 18.3. The molecule has 0 aliphatic carbocycles. The molecule has 0 fully saturated rings. The summed E-state index contributed by atoms with van der Waals surface area (Å²) in [5, 5.41) is 19.3. The number of anilines is 2. The number of carboxylic acids is 1. The molecule has 0 saturated carbocycles. The number of fused-ring (bicyclic) bond motifs is 1. The average molecular weight is 709 g/mol. The normalized spacial score (nSPS) is 11.5. The van der Waals surface area contributed by atoms with E-state index in [-0.39, 0.29) is 49.6 Å². The van der Waals surface area contributed by atoms with E-state index >= 15 is 0 Å². The smallest absolute Gasteiger partial charge is 0.328 e. The van der Waals surface area contributed by atoms with Crippen LogP contribution in [0, 0.1) is 5.92 Å². The first kappa shape index (κ1) is 37.3. The first-order valence-electron chi connectivity index (χ1n) is 15.6. The van der Waals surface area contributed by atoms with Crippen LogP contribution in [0.5, 0.6) is 6.01 Å². The Morgan fingerprint density at radius 2 is 1.84 bits per heavy atom. The summed E-state index contributed by atoms with van der Waals surface area (Å²) >= 11 is 1.34. The monoisotopic (exact) mass is 708 g/mol. The van der Waals surface area contributed by atoms with Crippen LogP contribution in [0.15, 0.2) is 52.5 Å². The second-order valence-electron chi connectivity index (χ2n) is 11.2. The molecule has 7 N–H and O–H groups in total. The zero-order chi connectivity index (χ0) is 36.0. The van der Waals surface area contributed by atoms with Crippen LogP contribution in [0.2, 0.25) is 0 Å². The molecule has 3 aromatic heterocycles. The van der Waals surface area contributed by atoms with Crippen molar-refractivity contribution in [3.63, 3.8) is 0 Å². The largest absolute Gasteiger partial charge is 0.481 e. The number of rotatable bonds is 19. The number of nitrogens with zero attached hydrogens (tertiary/aromatic N) is 5. The summed E-state index contributed by atoms with van der Waals surface area (Å²) in [6, 6.07) is 10.5. The predicted molar refractivity (Wildman–Crippen MR) is 189 cm³/mol. The van der Waals surface area contributed by atoms with Crippen LogP contribution in [0.25, 0.3) is 11.2 Å². The molecule has 4 aromatic rings. The maximum Gasteiger partial charge on any atom is 0.328 e. The van der Waals surface area contributed by atoms with Gasteiger partial charge in [-0.1, -0.05) is 24.3 Å². The molecule has 266 valence electrons. The van der Waals surface area contributed by atoms with Gasteiger partial charge in [0.2, 0.25) is 5.91 Å². The van der Waals surface area contributed by atoms with Gasteiger partial charge in [0.05, 0.1) is 24.6 Å². The van der Waals surface area contributed by atoms with Crippen LogP contribution in [-0.4, -0.2) is 91.5 Å². The number of carboxylic acid groups (broad SMARTS) is 1. The minimum atomic E-state index is -1.07. The average Bonchev–Trinajstić information content (AvgIpc) is 3.41. The topological polar surface area (TPSA) is 241 Å². The molecule has 3 heterocycles. The number of amides is 2. The molecule has 0 aliphatic rings. The van der Waals surface area contributed by atoms with Crippen molar-refractivity contribution in [3.8, 4) is 6.01 Å². The molecule has 18 heteroatoms. The van der Waals surface area contributed by atoms with Gasteiger partial charge in [-0.25, -0.2) is 9.78 Å². The third-order valence-corrected chi connectivity index (χ3v) is 8.18. The van der Waals surface area contributed by atoms with Crippen LogP contribution in [0.3, 0.4) is 0 Å². The zero-order valence-electron chi connectivity index (χ0n) is 27.9. The van der Waals surface area contributed by atoms with E-state index in [1.165, 1.54) is 22.5 Å². The van der Waals surface area contributed by atoms with Gasteiger partial charge in [-0.15, -0.1) is 0 Å². The van der Waals surface area contributed by atoms with E-state index in [1.54, 1.807) is 31.4 Å². The summed E-state index contributed by atoms with van der Waals surface area (Å²) in [5.74, 6) is -1.39. The number of nitrogens with two attached hydrogens (primary N) is 1. The lowest BCUT2D eigenvalue weighted by atomic mass is 10.1. The van der Waals surface area contributed by atoms with Crippen molar-refractivity contribution < 1.29 is 29.0 Å². The van der Waals surface area contributed by atoms with Gasteiger partial charge in [0.25, 0.3) is 5.91 Å². The van der Waals surface area contributed by atoms with Crippen molar-refractivity contribution in [2.75, 3.05) is 49.5 Å². The van der Waals surface area contributed by atoms with Crippen molar-refractivity contribution in [3.05, 3.63) is 69.8 Å². The summed E-state index contributed by atoms with van der Waals surface area (Å²) in [5.41, 5.74) is 11.8. The molecule has 50 heavy (non-hydrogen) atoms. The van der Waals surface area contributed by atoms with E-state index < -0.39 is 23.5 Å². The van der Waals surface area contributed by atoms with Gasteiger partial charge in [-0.2, -0.15) is 26.8 Å². The number of aliphatic carboxylic acids is 1. The Morgan fingerprint density at radius 3 is 2.52 bits per heavy atom. The number of hydrogen-bond acceptors (Lipinski definition) is 13. The number of nitrogen functional groups attached to an aromatic ring is 1. The SMILES string of the molecule is COCCOc1nc(N)c2[nH]c(=O)n(Cc3ccc(CNC(=O)CC(CSCCNC(=O)c4ccc(NN=C(C)C)nc4)C(=O)O)cc3)c2n1. The number of hydrogen-bond donors (Lipinski definition) is 6. The summed E-state index contributed by atoms with van der Waals surface area (Å²) in [7, 11) is 1.54. The number of carbonyl (C=O) groups excluding carboxylic acids is 2. The number of pyridine rings is 1. The number of methoxy groups -OCH3 is 1. The summed E-state index contributed by atoms with van der Waals surface area (Å²) in [4.78, 5) is 64.7. The minimum absolute atomic E-state index is 0.0287. The first-order chi connectivity index (χ1) is 24.0. The first-order valence-corrected chi connectivity index (χ1v) is 16.7. The van der Waals surface area contributed by atoms with Gasteiger partial charge in [-0.05, 0) is 37.1 Å². The van der Waals surface area contributed by atoms with Crippen molar-refractivity contribution in [1.29, 1.82) is 0 Å². The molecule has 1 aromatic carbocycles. The molecular weight excluding hydrogens is 668 g/mol. The van der Waals surface area contributed by atoms with Crippen molar-refractivity contribution >= 4 is 58.1 Å². The van der Waals surface area contributed by atoms with Crippen LogP contribution < -0.4 is 32.2 Å². The van der Waals surface area contributed by atoms with Crippen molar-refractivity contribution in [2.45, 2.75) is 33.4 Å². The highest BCUT2D eigenvalue weighted by molar-refractivity contribution is 7.99. The molecule has 2 amide bonds. The molecule has 0 saturated heterocycles. The van der Waals surface area contributed by atoms with Crippen LogP contribution in [-0.2, 0) is 27.4 Å². The van der Waals surface area contributed by atoms with E-state index in [1.807, 2.05) is 26.0 Å². The Balaban J connectivity index is 1.20. The molecule has 0 aliphatic heterocycles. The second-order valence-corrected chi connectivity index (χ2v) is 12.4. The third kappa shape index (κ3) is 11.0. The Kier molecular flexibility index (Phi) is 13.7. The van der Waals surface area contributed by atoms with Crippen LogP contribution in [0.4, 0.5) is 11.6 Å². The van der Waals surface area contributed by atoms with Crippen LogP contribution >= 0.6 is 11.8 Å². The molecule has 0 bridgehead atoms. The molecule has 1 unspecified atom stereocenters. The summed E-state index contributed by atoms with van der Waals surface area (Å²) in [6.07, 6.45) is 1.25. The molecule has 17 nitrogen and oxygen atoms in total. The molecule has 1 atom stereocenters. The maximum atomic E-state index is 12.7. The van der Waals surface area contributed by atoms with Gasteiger partial charge in [0.15, 0.2) is 11.5 Å². The fourth-order valence-corrected chi connectivity index (χ4v) is 5.40. The van der Waals surface area contributed by atoms with Gasteiger partial charge < -0.3 is 35.9 Å². The Morgan fingerprint density at radius 1 is 1.08 bits per heavy atom. The van der Waals surface area contributed by atoms with E-state index in [2.05, 4.69) is 41.1 Å². The summed E-state index contributed by atoms with van der Waals surface area (Å²) < 4.78 is 11.9.